The molecule has 24 heavy (non-hydrogen) atoms. The summed E-state index contributed by atoms with van der Waals surface area (Å²) in [5, 5.41) is 5.62. The predicted octanol–water partition coefficient (Wildman–Crippen LogP) is 2.88. The second-order valence-electron chi connectivity index (χ2n) is 5.23. The summed E-state index contributed by atoms with van der Waals surface area (Å²) >= 11 is 0. The number of hydrogen-bond donors (Lipinski definition) is 2. The Morgan fingerprint density at radius 2 is 1.75 bits per heavy atom. The van der Waals surface area contributed by atoms with Gasteiger partial charge in [0, 0.05) is 25.5 Å². The monoisotopic (exact) mass is 329 g/mol. The molecular weight excluding hydrogens is 306 g/mol. The van der Waals surface area contributed by atoms with Crippen LogP contribution in [0.2, 0.25) is 0 Å². The molecule has 0 fully saturated rings. The molecule has 0 spiro atoms. The molecule has 1 aromatic carbocycles. The van der Waals surface area contributed by atoms with E-state index in [1.165, 1.54) is 0 Å². The standard InChI is InChI=1S/C18H23N3O3/c1-3-10-24-16-5-4-15(11-17(16)23-2)13-21-18(22)20-12-14-6-8-19-9-7-14/h4-9,11H,3,10,12-13H2,1-2H3,(H2,20,21,22). The molecule has 2 amide bonds. The first-order valence-electron chi connectivity index (χ1n) is 7.93. The summed E-state index contributed by atoms with van der Waals surface area (Å²) in [6.45, 7) is 3.56. The van der Waals surface area contributed by atoms with Crippen molar-refractivity contribution in [2.24, 2.45) is 0 Å². The van der Waals surface area contributed by atoms with Gasteiger partial charge >= 0.3 is 6.03 Å². The predicted molar refractivity (Wildman–Crippen MR) is 92.1 cm³/mol. The van der Waals surface area contributed by atoms with E-state index in [0.29, 0.717) is 31.2 Å². The van der Waals surface area contributed by atoms with Crippen LogP contribution in [0.3, 0.4) is 0 Å². The van der Waals surface area contributed by atoms with Crippen LogP contribution in [0.4, 0.5) is 4.79 Å². The Morgan fingerprint density at radius 3 is 2.42 bits per heavy atom. The van der Waals surface area contributed by atoms with Crippen LogP contribution in [-0.2, 0) is 13.1 Å². The first-order valence-corrected chi connectivity index (χ1v) is 7.93. The molecule has 6 nitrogen and oxygen atoms in total. The number of ether oxygens (including phenoxy) is 2. The van der Waals surface area contributed by atoms with Crippen molar-refractivity contribution in [3.8, 4) is 11.5 Å². The maximum atomic E-state index is 11.9. The Bertz CT molecular complexity index is 647. The van der Waals surface area contributed by atoms with Crippen molar-refractivity contribution < 1.29 is 14.3 Å². The van der Waals surface area contributed by atoms with Crippen LogP contribution < -0.4 is 20.1 Å². The Hall–Kier alpha value is -2.76. The van der Waals surface area contributed by atoms with Crippen molar-refractivity contribution in [3.05, 3.63) is 53.9 Å². The molecule has 0 saturated heterocycles. The second kappa shape index (κ2) is 9.39. The van der Waals surface area contributed by atoms with Gasteiger partial charge in [-0.3, -0.25) is 4.98 Å². The number of carbonyl (C=O) groups is 1. The molecule has 6 heteroatoms. The van der Waals surface area contributed by atoms with Gasteiger partial charge in [0.2, 0.25) is 0 Å². The number of pyridine rings is 1. The minimum Gasteiger partial charge on any atom is -0.493 e. The van der Waals surface area contributed by atoms with E-state index in [0.717, 1.165) is 17.5 Å². The normalized spacial score (nSPS) is 10.1. The third kappa shape index (κ3) is 5.46. The SMILES string of the molecule is CCCOc1ccc(CNC(=O)NCc2ccncc2)cc1OC. The minimum absolute atomic E-state index is 0.225. The molecule has 0 saturated carbocycles. The molecule has 0 radical (unpaired) electrons. The lowest BCUT2D eigenvalue weighted by Gasteiger charge is -2.12. The lowest BCUT2D eigenvalue weighted by atomic mass is 10.2. The number of aromatic nitrogens is 1. The lowest BCUT2D eigenvalue weighted by Crippen LogP contribution is -2.34. The summed E-state index contributed by atoms with van der Waals surface area (Å²) in [6.07, 6.45) is 4.33. The van der Waals surface area contributed by atoms with Gasteiger partial charge in [-0.25, -0.2) is 4.79 Å². The molecule has 0 atom stereocenters. The molecule has 0 unspecified atom stereocenters. The largest absolute Gasteiger partial charge is 0.493 e. The third-order valence-electron chi connectivity index (χ3n) is 3.35. The zero-order valence-electron chi connectivity index (χ0n) is 14.0. The van der Waals surface area contributed by atoms with Crippen LogP contribution in [0.15, 0.2) is 42.7 Å². The average Bonchev–Trinajstić information content (AvgIpc) is 2.64. The highest BCUT2D eigenvalue weighted by Crippen LogP contribution is 2.28. The van der Waals surface area contributed by atoms with E-state index >= 15 is 0 Å². The number of hydrogen-bond acceptors (Lipinski definition) is 4. The van der Waals surface area contributed by atoms with Crippen LogP contribution in [0, 0.1) is 0 Å². The fourth-order valence-corrected chi connectivity index (χ4v) is 2.08. The number of carbonyl (C=O) groups excluding carboxylic acids is 1. The number of rotatable bonds is 8. The highest BCUT2D eigenvalue weighted by molar-refractivity contribution is 5.73. The van der Waals surface area contributed by atoms with Crippen molar-refractivity contribution >= 4 is 6.03 Å². The van der Waals surface area contributed by atoms with Crippen LogP contribution in [0.1, 0.15) is 24.5 Å². The summed E-state index contributed by atoms with van der Waals surface area (Å²) in [4.78, 5) is 15.8. The van der Waals surface area contributed by atoms with E-state index in [1.807, 2.05) is 30.3 Å². The third-order valence-corrected chi connectivity index (χ3v) is 3.35. The average molecular weight is 329 g/mol. The summed E-state index contributed by atoms with van der Waals surface area (Å²) in [5.74, 6) is 1.38. The molecule has 0 bridgehead atoms. The van der Waals surface area contributed by atoms with Crippen molar-refractivity contribution in [3.63, 3.8) is 0 Å². The molecule has 2 N–H and O–H groups in total. The lowest BCUT2D eigenvalue weighted by molar-refractivity contribution is 0.240. The molecule has 0 aliphatic heterocycles. The maximum absolute atomic E-state index is 11.9. The molecule has 2 aromatic rings. The van der Waals surface area contributed by atoms with Gasteiger partial charge in [-0.1, -0.05) is 13.0 Å². The topological polar surface area (TPSA) is 72.5 Å². The highest BCUT2D eigenvalue weighted by Gasteiger charge is 2.07. The first kappa shape index (κ1) is 17.6. The molecule has 128 valence electrons. The summed E-state index contributed by atoms with van der Waals surface area (Å²) in [6, 6.07) is 9.14. The van der Waals surface area contributed by atoms with E-state index in [1.54, 1.807) is 19.5 Å². The summed E-state index contributed by atoms with van der Waals surface area (Å²) in [5.41, 5.74) is 1.94. The molecule has 0 aliphatic rings. The Labute approximate surface area is 142 Å². The van der Waals surface area contributed by atoms with E-state index in [2.05, 4.69) is 22.5 Å². The number of amides is 2. The molecule has 0 aliphatic carbocycles. The summed E-state index contributed by atoms with van der Waals surface area (Å²) in [7, 11) is 1.60. The smallest absolute Gasteiger partial charge is 0.315 e. The fraction of sp³-hybridized carbons (Fsp3) is 0.333. The zero-order chi connectivity index (χ0) is 17.2. The first-order chi connectivity index (χ1) is 11.7. The quantitative estimate of drug-likeness (QED) is 0.781. The highest BCUT2D eigenvalue weighted by atomic mass is 16.5. The van der Waals surface area contributed by atoms with E-state index in [9.17, 15) is 4.79 Å². The van der Waals surface area contributed by atoms with Crippen molar-refractivity contribution in [2.75, 3.05) is 13.7 Å². The van der Waals surface area contributed by atoms with Crippen molar-refractivity contribution in [1.82, 2.24) is 15.6 Å². The maximum Gasteiger partial charge on any atom is 0.315 e. The molecule has 1 heterocycles. The Morgan fingerprint density at radius 1 is 1.04 bits per heavy atom. The number of nitrogens with zero attached hydrogens (tertiary/aromatic N) is 1. The fourth-order valence-electron chi connectivity index (χ4n) is 2.08. The van der Waals surface area contributed by atoms with Gasteiger partial charge in [-0.15, -0.1) is 0 Å². The van der Waals surface area contributed by atoms with E-state index in [-0.39, 0.29) is 6.03 Å². The van der Waals surface area contributed by atoms with Crippen molar-refractivity contribution in [1.29, 1.82) is 0 Å². The van der Waals surface area contributed by atoms with Crippen LogP contribution in [0.5, 0.6) is 11.5 Å². The number of nitrogens with one attached hydrogen (secondary N) is 2. The van der Waals surface area contributed by atoms with Crippen LogP contribution in [-0.4, -0.2) is 24.7 Å². The van der Waals surface area contributed by atoms with Gasteiger partial charge in [0.1, 0.15) is 0 Å². The van der Waals surface area contributed by atoms with Crippen LogP contribution >= 0.6 is 0 Å². The van der Waals surface area contributed by atoms with E-state index < -0.39 is 0 Å². The summed E-state index contributed by atoms with van der Waals surface area (Å²) < 4.78 is 11.0. The van der Waals surface area contributed by atoms with Crippen LogP contribution in [0.25, 0.3) is 0 Å². The van der Waals surface area contributed by atoms with Gasteiger partial charge in [0.15, 0.2) is 11.5 Å². The Balaban J connectivity index is 1.83. The van der Waals surface area contributed by atoms with Gasteiger partial charge in [0.05, 0.1) is 13.7 Å². The van der Waals surface area contributed by atoms with Gasteiger partial charge in [-0.05, 0) is 41.8 Å². The number of methoxy groups -OCH3 is 1. The zero-order valence-corrected chi connectivity index (χ0v) is 14.0. The van der Waals surface area contributed by atoms with E-state index in [4.69, 9.17) is 9.47 Å². The van der Waals surface area contributed by atoms with Gasteiger partial charge < -0.3 is 20.1 Å². The van der Waals surface area contributed by atoms with Crippen molar-refractivity contribution in [2.45, 2.75) is 26.4 Å². The minimum atomic E-state index is -0.225. The number of benzene rings is 1. The van der Waals surface area contributed by atoms with Gasteiger partial charge in [0.25, 0.3) is 0 Å². The van der Waals surface area contributed by atoms with Gasteiger partial charge in [-0.2, -0.15) is 0 Å². The second-order valence-corrected chi connectivity index (χ2v) is 5.23. The molecular formula is C18H23N3O3. The molecule has 1 aromatic heterocycles. The molecule has 2 rings (SSSR count). The Kier molecular flexibility index (Phi) is 6.89. The number of urea groups is 1.